The van der Waals surface area contributed by atoms with Crippen molar-refractivity contribution in [1.29, 1.82) is 0 Å². The molecule has 0 saturated carbocycles. The first-order valence-electron chi connectivity index (χ1n) is 8.63. The van der Waals surface area contributed by atoms with E-state index < -0.39 is 17.2 Å². The summed E-state index contributed by atoms with van der Waals surface area (Å²) in [7, 11) is 3.97. The van der Waals surface area contributed by atoms with E-state index in [2.05, 4.69) is 20.2 Å². The van der Waals surface area contributed by atoms with Crippen molar-refractivity contribution in [3.05, 3.63) is 45.9 Å². The Morgan fingerprint density at radius 1 is 1.27 bits per heavy atom. The zero-order valence-corrected chi connectivity index (χ0v) is 15.7. The van der Waals surface area contributed by atoms with Crippen LogP contribution in [0.3, 0.4) is 0 Å². The van der Waals surface area contributed by atoms with Gasteiger partial charge in [0.15, 0.2) is 5.69 Å². The second-order valence-corrected chi connectivity index (χ2v) is 6.98. The molecule has 2 aromatic rings. The van der Waals surface area contributed by atoms with Gasteiger partial charge < -0.3 is 20.3 Å². The van der Waals surface area contributed by atoms with E-state index in [-0.39, 0.29) is 11.5 Å². The number of H-pyrrole nitrogens is 1. The van der Waals surface area contributed by atoms with Crippen molar-refractivity contribution >= 4 is 5.91 Å². The number of hydrogen-bond donors (Lipinski definition) is 3. The van der Waals surface area contributed by atoms with Crippen LogP contribution in [-0.2, 0) is 6.54 Å². The standard InChI is InChI=1S/C19H26N4O3/c1-12(2)9-10-20-18(25)15-16(24)19(26)22-17(21-15)14-7-5-13(6-8-14)11-23(3)4/h5-8,12,24H,9-11H2,1-4H3,(H,20,25)(H,21,22,26). The Balaban J connectivity index is 2.26. The normalized spacial score (nSPS) is 11.2. The first kappa shape index (κ1) is 19.7. The third-order valence-electron chi connectivity index (χ3n) is 3.84. The number of carbonyl (C=O) groups excluding carboxylic acids is 1. The Bertz CT molecular complexity index is 811. The van der Waals surface area contributed by atoms with Gasteiger partial charge in [0, 0.05) is 18.7 Å². The highest BCUT2D eigenvalue weighted by Crippen LogP contribution is 2.18. The topological polar surface area (TPSA) is 98.3 Å². The van der Waals surface area contributed by atoms with E-state index in [4.69, 9.17) is 0 Å². The minimum absolute atomic E-state index is 0.248. The van der Waals surface area contributed by atoms with E-state index in [0.29, 0.717) is 18.0 Å². The van der Waals surface area contributed by atoms with Crippen molar-refractivity contribution in [2.75, 3.05) is 20.6 Å². The van der Waals surface area contributed by atoms with Crippen molar-refractivity contribution in [2.24, 2.45) is 5.92 Å². The molecule has 26 heavy (non-hydrogen) atoms. The zero-order chi connectivity index (χ0) is 19.3. The smallest absolute Gasteiger partial charge is 0.294 e. The first-order chi connectivity index (χ1) is 12.3. The second-order valence-electron chi connectivity index (χ2n) is 6.98. The number of carbonyl (C=O) groups is 1. The summed E-state index contributed by atoms with van der Waals surface area (Å²) >= 11 is 0. The number of benzene rings is 1. The van der Waals surface area contributed by atoms with Gasteiger partial charge in [-0.1, -0.05) is 38.1 Å². The van der Waals surface area contributed by atoms with Gasteiger partial charge in [-0.2, -0.15) is 0 Å². The number of nitrogens with one attached hydrogen (secondary N) is 2. The summed E-state index contributed by atoms with van der Waals surface area (Å²) in [6.07, 6.45) is 0.801. The monoisotopic (exact) mass is 358 g/mol. The zero-order valence-electron chi connectivity index (χ0n) is 15.7. The minimum Gasteiger partial charge on any atom is -0.501 e. The van der Waals surface area contributed by atoms with Crippen LogP contribution in [0.15, 0.2) is 29.1 Å². The molecule has 0 fully saturated rings. The average Bonchev–Trinajstić information content (AvgIpc) is 2.57. The molecule has 1 amide bonds. The predicted molar refractivity (Wildman–Crippen MR) is 101 cm³/mol. The summed E-state index contributed by atoms with van der Waals surface area (Å²) in [6, 6.07) is 7.53. The Kier molecular flexibility index (Phi) is 6.52. The fourth-order valence-corrected chi connectivity index (χ4v) is 2.45. The third kappa shape index (κ3) is 5.16. The SMILES string of the molecule is CC(C)CCNC(=O)c1nc(-c2ccc(CN(C)C)cc2)[nH]c(=O)c1O. The second kappa shape index (κ2) is 8.62. The molecule has 1 aromatic heterocycles. The molecular weight excluding hydrogens is 332 g/mol. The molecular formula is C19H26N4O3. The van der Waals surface area contributed by atoms with Gasteiger partial charge in [-0.15, -0.1) is 0 Å². The number of aromatic amines is 1. The summed E-state index contributed by atoms with van der Waals surface area (Å²) in [5.74, 6) is -0.537. The highest BCUT2D eigenvalue weighted by atomic mass is 16.3. The number of nitrogens with zero attached hydrogens (tertiary/aromatic N) is 2. The summed E-state index contributed by atoms with van der Waals surface area (Å²) < 4.78 is 0. The molecule has 0 aliphatic heterocycles. The van der Waals surface area contributed by atoms with Crippen LogP contribution in [0.1, 0.15) is 36.3 Å². The Labute approximate surface area is 153 Å². The molecule has 0 radical (unpaired) electrons. The molecule has 0 saturated heterocycles. The lowest BCUT2D eigenvalue weighted by molar-refractivity contribution is 0.0943. The average molecular weight is 358 g/mol. The Morgan fingerprint density at radius 2 is 1.92 bits per heavy atom. The summed E-state index contributed by atoms with van der Waals surface area (Å²) in [4.78, 5) is 33.0. The van der Waals surface area contributed by atoms with Crippen LogP contribution >= 0.6 is 0 Å². The van der Waals surface area contributed by atoms with Gasteiger partial charge in [0.1, 0.15) is 5.82 Å². The number of rotatable bonds is 7. The van der Waals surface area contributed by atoms with E-state index in [1.165, 1.54) is 0 Å². The van der Waals surface area contributed by atoms with Gasteiger partial charge in [-0.25, -0.2) is 4.98 Å². The molecule has 0 bridgehead atoms. The fourth-order valence-electron chi connectivity index (χ4n) is 2.45. The van der Waals surface area contributed by atoms with Gasteiger partial charge in [-0.05, 0) is 32.0 Å². The summed E-state index contributed by atoms with van der Waals surface area (Å²) in [5, 5.41) is 12.6. The van der Waals surface area contributed by atoms with E-state index in [9.17, 15) is 14.7 Å². The maximum atomic E-state index is 12.3. The summed E-state index contributed by atoms with van der Waals surface area (Å²) in [5.41, 5.74) is 0.790. The van der Waals surface area contributed by atoms with Gasteiger partial charge in [-0.3, -0.25) is 9.59 Å². The fraction of sp³-hybridized carbons (Fsp3) is 0.421. The maximum Gasteiger partial charge on any atom is 0.294 e. The number of hydrogen-bond acceptors (Lipinski definition) is 5. The first-order valence-corrected chi connectivity index (χ1v) is 8.63. The molecule has 0 spiro atoms. The van der Waals surface area contributed by atoms with Crippen molar-refractivity contribution in [2.45, 2.75) is 26.8 Å². The van der Waals surface area contributed by atoms with Crippen LogP contribution in [0, 0.1) is 5.92 Å². The Morgan fingerprint density at radius 3 is 2.50 bits per heavy atom. The molecule has 1 aromatic carbocycles. The highest BCUT2D eigenvalue weighted by Gasteiger charge is 2.18. The van der Waals surface area contributed by atoms with E-state index in [0.717, 1.165) is 18.5 Å². The molecule has 3 N–H and O–H groups in total. The third-order valence-corrected chi connectivity index (χ3v) is 3.84. The molecule has 0 atom stereocenters. The lowest BCUT2D eigenvalue weighted by Gasteiger charge is -2.11. The molecule has 0 aliphatic carbocycles. The predicted octanol–water partition coefficient (Wildman–Crippen LogP) is 1.98. The van der Waals surface area contributed by atoms with Crippen molar-refractivity contribution < 1.29 is 9.90 Å². The van der Waals surface area contributed by atoms with Crippen molar-refractivity contribution in [3.8, 4) is 17.1 Å². The lowest BCUT2D eigenvalue weighted by atomic mass is 10.1. The number of amides is 1. The molecule has 140 valence electrons. The minimum atomic E-state index is -0.735. The van der Waals surface area contributed by atoms with Crippen molar-refractivity contribution in [3.63, 3.8) is 0 Å². The largest absolute Gasteiger partial charge is 0.501 e. The highest BCUT2D eigenvalue weighted by molar-refractivity contribution is 5.95. The van der Waals surface area contributed by atoms with E-state index in [1.54, 1.807) is 0 Å². The van der Waals surface area contributed by atoms with Crippen LogP contribution in [0.25, 0.3) is 11.4 Å². The van der Waals surface area contributed by atoms with Crippen LogP contribution in [0.2, 0.25) is 0 Å². The van der Waals surface area contributed by atoms with E-state index >= 15 is 0 Å². The lowest BCUT2D eigenvalue weighted by Crippen LogP contribution is -2.28. The van der Waals surface area contributed by atoms with Gasteiger partial charge >= 0.3 is 0 Å². The molecule has 0 unspecified atom stereocenters. The van der Waals surface area contributed by atoms with Crippen molar-refractivity contribution in [1.82, 2.24) is 20.2 Å². The number of aromatic hydroxyl groups is 1. The van der Waals surface area contributed by atoms with Crippen LogP contribution in [-0.4, -0.2) is 46.5 Å². The van der Waals surface area contributed by atoms with Crippen LogP contribution < -0.4 is 10.9 Å². The molecule has 0 aliphatic rings. The van der Waals surface area contributed by atoms with Crippen LogP contribution in [0.5, 0.6) is 5.75 Å². The quantitative estimate of drug-likeness (QED) is 0.703. The van der Waals surface area contributed by atoms with Gasteiger partial charge in [0.25, 0.3) is 11.5 Å². The molecule has 1 heterocycles. The summed E-state index contributed by atoms with van der Waals surface area (Å²) in [6.45, 7) is 5.35. The van der Waals surface area contributed by atoms with Crippen LogP contribution in [0.4, 0.5) is 0 Å². The molecule has 7 heteroatoms. The molecule has 7 nitrogen and oxygen atoms in total. The molecule has 2 rings (SSSR count). The van der Waals surface area contributed by atoms with Gasteiger partial charge in [0.05, 0.1) is 0 Å². The van der Waals surface area contributed by atoms with Gasteiger partial charge in [0.2, 0.25) is 5.75 Å². The number of aromatic nitrogens is 2. The van der Waals surface area contributed by atoms with E-state index in [1.807, 2.05) is 52.2 Å². The maximum absolute atomic E-state index is 12.3. The Hall–Kier alpha value is -2.67.